The van der Waals surface area contributed by atoms with Crippen LogP contribution in [0.15, 0.2) is 48.7 Å². The van der Waals surface area contributed by atoms with E-state index in [0.717, 1.165) is 0 Å². The number of nitrogens with zero attached hydrogens (tertiary/aromatic N) is 3. The summed E-state index contributed by atoms with van der Waals surface area (Å²) >= 11 is 0. The van der Waals surface area contributed by atoms with Gasteiger partial charge in [-0.2, -0.15) is 4.39 Å². The standard InChI is InChI=1S/C24H21FN4O3/c1-13-11-19-21(23(25)27-13)18-5-4-10-26-22(18)14(2)24(32)29(19)12-20(31)28-17-8-6-16(7-9-17)15(3)30/h4-11,14H,12H2,1-3H3,(H,28,31)/t14-/m1/s1. The number of aromatic nitrogens is 2. The average molecular weight is 432 g/mol. The van der Waals surface area contributed by atoms with Gasteiger partial charge >= 0.3 is 0 Å². The molecule has 0 bridgehead atoms. The molecule has 0 aliphatic carbocycles. The summed E-state index contributed by atoms with van der Waals surface area (Å²) in [6.07, 6.45) is 1.55. The topological polar surface area (TPSA) is 92.3 Å². The summed E-state index contributed by atoms with van der Waals surface area (Å²) in [4.78, 5) is 47.1. The summed E-state index contributed by atoms with van der Waals surface area (Å²) in [6.45, 7) is 4.45. The van der Waals surface area contributed by atoms with Crippen LogP contribution in [0.3, 0.4) is 0 Å². The Morgan fingerprint density at radius 1 is 1.19 bits per heavy atom. The van der Waals surface area contributed by atoms with Crippen LogP contribution in [-0.4, -0.2) is 34.1 Å². The highest BCUT2D eigenvalue weighted by Crippen LogP contribution is 2.41. The van der Waals surface area contributed by atoms with Gasteiger partial charge in [0, 0.05) is 28.7 Å². The number of nitrogens with one attached hydrogen (secondary N) is 1. The van der Waals surface area contributed by atoms with Crippen molar-refractivity contribution >= 4 is 29.0 Å². The van der Waals surface area contributed by atoms with Crippen molar-refractivity contribution < 1.29 is 18.8 Å². The first kappa shape index (κ1) is 21.3. The van der Waals surface area contributed by atoms with Gasteiger partial charge in [0.2, 0.25) is 17.8 Å². The van der Waals surface area contributed by atoms with Crippen molar-refractivity contribution in [3.8, 4) is 11.1 Å². The molecule has 0 fully saturated rings. The van der Waals surface area contributed by atoms with Crippen molar-refractivity contribution in [1.82, 2.24) is 9.97 Å². The van der Waals surface area contributed by atoms with Gasteiger partial charge in [0.05, 0.1) is 22.9 Å². The molecule has 0 spiro atoms. The zero-order valence-corrected chi connectivity index (χ0v) is 17.8. The maximum absolute atomic E-state index is 15.0. The van der Waals surface area contributed by atoms with Crippen LogP contribution < -0.4 is 10.2 Å². The largest absolute Gasteiger partial charge is 0.325 e. The number of ketones is 1. The Kier molecular flexibility index (Phi) is 5.52. The van der Waals surface area contributed by atoms with E-state index in [4.69, 9.17) is 0 Å². The third kappa shape index (κ3) is 3.87. The summed E-state index contributed by atoms with van der Waals surface area (Å²) in [7, 11) is 0. The Labute approximate surface area is 184 Å². The molecule has 0 unspecified atom stereocenters. The molecule has 0 saturated carbocycles. The summed E-state index contributed by atoms with van der Waals surface area (Å²) < 4.78 is 15.0. The number of pyridine rings is 2. The number of aryl methyl sites for hydroxylation is 1. The monoisotopic (exact) mass is 432 g/mol. The number of amides is 2. The van der Waals surface area contributed by atoms with Gasteiger partial charge in [0.15, 0.2) is 5.78 Å². The number of anilines is 2. The molecule has 1 aromatic carbocycles. The third-order valence-corrected chi connectivity index (χ3v) is 5.40. The van der Waals surface area contributed by atoms with Gasteiger partial charge in [-0.1, -0.05) is 6.07 Å². The van der Waals surface area contributed by atoms with Crippen LogP contribution in [-0.2, 0) is 9.59 Å². The summed E-state index contributed by atoms with van der Waals surface area (Å²) in [6, 6.07) is 11.4. The Morgan fingerprint density at radius 2 is 1.91 bits per heavy atom. The lowest BCUT2D eigenvalue weighted by atomic mass is 9.98. The molecular weight excluding hydrogens is 411 g/mol. The molecule has 3 aromatic rings. The van der Waals surface area contributed by atoms with Crippen LogP contribution >= 0.6 is 0 Å². The van der Waals surface area contributed by atoms with Crippen LogP contribution in [0.1, 0.15) is 41.5 Å². The predicted molar refractivity (Wildman–Crippen MR) is 118 cm³/mol. The fourth-order valence-corrected chi connectivity index (χ4v) is 3.82. The molecule has 3 heterocycles. The van der Waals surface area contributed by atoms with E-state index >= 15 is 4.39 Å². The second-order valence-corrected chi connectivity index (χ2v) is 7.71. The van der Waals surface area contributed by atoms with Gasteiger partial charge in [0.25, 0.3) is 0 Å². The highest BCUT2D eigenvalue weighted by Gasteiger charge is 2.35. The maximum atomic E-state index is 15.0. The quantitative estimate of drug-likeness (QED) is 0.499. The van der Waals surface area contributed by atoms with E-state index in [1.165, 1.54) is 11.8 Å². The molecule has 8 heteroatoms. The number of carbonyl (C=O) groups is 3. The number of carbonyl (C=O) groups excluding carboxylic acids is 3. The number of hydrogen-bond acceptors (Lipinski definition) is 5. The van der Waals surface area contributed by atoms with Crippen molar-refractivity contribution in [2.75, 3.05) is 16.8 Å². The van der Waals surface area contributed by atoms with Crippen LogP contribution in [0.2, 0.25) is 0 Å². The SMILES string of the molecule is CC(=O)c1ccc(NC(=O)CN2C(=O)[C@H](C)c3ncccc3-c3c2cc(C)nc3F)cc1. The van der Waals surface area contributed by atoms with Crippen molar-refractivity contribution in [2.45, 2.75) is 26.7 Å². The minimum atomic E-state index is -0.721. The summed E-state index contributed by atoms with van der Waals surface area (Å²) in [5.74, 6) is -2.30. The van der Waals surface area contributed by atoms with E-state index in [2.05, 4.69) is 15.3 Å². The lowest BCUT2D eigenvalue weighted by molar-refractivity contribution is -0.122. The Bertz CT molecular complexity index is 1240. The van der Waals surface area contributed by atoms with Crippen molar-refractivity contribution in [1.29, 1.82) is 0 Å². The Balaban J connectivity index is 1.70. The highest BCUT2D eigenvalue weighted by molar-refractivity contribution is 6.09. The first-order valence-electron chi connectivity index (χ1n) is 10.1. The highest BCUT2D eigenvalue weighted by atomic mass is 19.1. The predicted octanol–water partition coefficient (Wildman–Crippen LogP) is 3.88. The van der Waals surface area contributed by atoms with Gasteiger partial charge in [-0.25, -0.2) is 4.98 Å². The van der Waals surface area contributed by atoms with E-state index in [1.807, 2.05) is 0 Å². The molecular formula is C24H21FN4O3. The lowest BCUT2D eigenvalue weighted by Gasteiger charge is -2.24. The van der Waals surface area contributed by atoms with E-state index in [-0.39, 0.29) is 29.5 Å². The van der Waals surface area contributed by atoms with Crippen molar-refractivity contribution in [2.24, 2.45) is 0 Å². The van der Waals surface area contributed by atoms with E-state index in [1.54, 1.807) is 62.5 Å². The van der Waals surface area contributed by atoms with Crippen LogP contribution in [0.5, 0.6) is 0 Å². The number of halogens is 1. The summed E-state index contributed by atoms with van der Waals surface area (Å²) in [5.41, 5.74) is 2.74. The number of hydrogen-bond donors (Lipinski definition) is 1. The molecule has 1 atom stereocenters. The first-order chi connectivity index (χ1) is 15.3. The maximum Gasteiger partial charge on any atom is 0.244 e. The minimum absolute atomic E-state index is 0.0807. The molecule has 1 N–H and O–H groups in total. The molecule has 2 aromatic heterocycles. The van der Waals surface area contributed by atoms with E-state index in [0.29, 0.717) is 28.2 Å². The molecule has 2 amide bonds. The fraction of sp³-hybridized carbons (Fsp3) is 0.208. The number of rotatable bonds is 4. The Morgan fingerprint density at radius 3 is 2.59 bits per heavy atom. The van der Waals surface area contributed by atoms with Gasteiger partial charge in [-0.15, -0.1) is 0 Å². The van der Waals surface area contributed by atoms with E-state index in [9.17, 15) is 14.4 Å². The molecule has 4 rings (SSSR count). The summed E-state index contributed by atoms with van der Waals surface area (Å²) in [5, 5.41) is 2.72. The second-order valence-electron chi connectivity index (χ2n) is 7.71. The third-order valence-electron chi connectivity index (χ3n) is 5.40. The minimum Gasteiger partial charge on any atom is -0.325 e. The van der Waals surface area contributed by atoms with E-state index < -0.39 is 17.8 Å². The molecule has 0 radical (unpaired) electrons. The van der Waals surface area contributed by atoms with Crippen LogP contribution in [0.4, 0.5) is 15.8 Å². The molecule has 0 saturated heterocycles. The molecule has 7 nitrogen and oxygen atoms in total. The van der Waals surface area contributed by atoms with Gasteiger partial charge < -0.3 is 10.2 Å². The average Bonchev–Trinajstić information content (AvgIpc) is 2.84. The second kappa shape index (κ2) is 8.30. The zero-order valence-electron chi connectivity index (χ0n) is 17.8. The molecule has 1 aliphatic heterocycles. The number of benzene rings is 1. The van der Waals surface area contributed by atoms with Crippen molar-refractivity contribution in [3.05, 3.63) is 71.6 Å². The molecule has 162 valence electrons. The molecule has 32 heavy (non-hydrogen) atoms. The fourth-order valence-electron chi connectivity index (χ4n) is 3.82. The number of fused-ring (bicyclic) bond motifs is 3. The zero-order chi connectivity index (χ0) is 23.0. The molecule has 1 aliphatic rings. The van der Waals surface area contributed by atoms with Crippen LogP contribution in [0.25, 0.3) is 11.1 Å². The van der Waals surface area contributed by atoms with Gasteiger partial charge in [-0.3, -0.25) is 19.4 Å². The first-order valence-corrected chi connectivity index (χ1v) is 10.1. The van der Waals surface area contributed by atoms with Crippen molar-refractivity contribution in [3.63, 3.8) is 0 Å². The normalized spacial score (nSPS) is 14.9. The lowest BCUT2D eigenvalue weighted by Crippen LogP contribution is -2.40. The van der Waals surface area contributed by atoms with Crippen LogP contribution in [0, 0.1) is 12.9 Å². The Hall–Kier alpha value is -3.94. The smallest absolute Gasteiger partial charge is 0.244 e. The number of Topliss-reactive ketones (excluding diaryl/α,β-unsaturated/α-hetero) is 1. The van der Waals surface area contributed by atoms with Gasteiger partial charge in [0.1, 0.15) is 6.54 Å². The van der Waals surface area contributed by atoms with Gasteiger partial charge in [-0.05, 0) is 57.2 Å².